The Labute approximate surface area is 119 Å². The lowest BCUT2D eigenvalue weighted by molar-refractivity contribution is 0.504. The third kappa shape index (κ3) is 4.87. The van der Waals surface area contributed by atoms with Gasteiger partial charge < -0.3 is 10.6 Å². The molecule has 2 unspecified atom stereocenters. The van der Waals surface area contributed by atoms with Crippen LogP contribution < -0.4 is 10.6 Å². The first-order valence-electron chi connectivity index (χ1n) is 7.39. The van der Waals surface area contributed by atoms with E-state index in [2.05, 4.69) is 64.8 Å². The summed E-state index contributed by atoms with van der Waals surface area (Å²) in [4.78, 5) is 2.38. The molecule has 0 fully saturated rings. The van der Waals surface area contributed by atoms with E-state index in [-0.39, 0.29) is 6.04 Å². The van der Waals surface area contributed by atoms with Gasteiger partial charge in [-0.25, -0.2) is 0 Å². The maximum Gasteiger partial charge on any atom is 0.0368 e. The van der Waals surface area contributed by atoms with Gasteiger partial charge in [-0.2, -0.15) is 0 Å². The molecule has 19 heavy (non-hydrogen) atoms. The highest BCUT2D eigenvalue weighted by Gasteiger charge is 2.12. The van der Waals surface area contributed by atoms with Crippen molar-refractivity contribution in [2.75, 3.05) is 11.9 Å². The Morgan fingerprint density at radius 2 is 1.79 bits per heavy atom. The second-order valence-corrected chi connectivity index (χ2v) is 6.38. The summed E-state index contributed by atoms with van der Waals surface area (Å²) in [5.74, 6) is 0.732. The van der Waals surface area contributed by atoms with Gasteiger partial charge in [0.05, 0.1) is 0 Å². The molecule has 1 aromatic carbocycles. The molecular formula is C17H30N2. The molecule has 2 N–H and O–H groups in total. The first-order valence-corrected chi connectivity index (χ1v) is 7.39. The van der Waals surface area contributed by atoms with Crippen molar-refractivity contribution < 1.29 is 0 Å². The van der Waals surface area contributed by atoms with E-state index in [1.54, 1.807) is 0 Å². The van der Waals surface area contributed by atoms with E-state index in [1.165, 1.54) is 23.2 Å². The van der Waals surface area contributed by atoms with Crippen LogP contribution in [0.1, 0.15) is 45.2 Å². The predicted molar refractivity (Wildman–Crippen MR) is 85.9 cm³/mol. The molecule has 1 rings (SSSR count). The Hall–Kier alpha value is -1.02. The smallest absolute Gasteiger partial charge is 0.0368 e. The maximum atomic E-state index is 5.88. The van der Waals surface area contributed by atoms with Gasteiger partial charge in [-0.1, -0.05) is 19.9 Å². The average molecular weight is 262 g/mol. The van der Waals surface area contributed by atoms with Crippen LogP contribution >= 0.6 is 0 Å². The zero-order chi connectivity index (χ0) is 14.6. The standard InChI is InChI=1S/C17H30N2/c1-12(2)9-15(5)19(6)17-8-7-16(11-14(4)18)13(3)10-17/h7-8,10,12,14-15H,9,11,18H2,1-6H3. The number of aryl methyl sites for hydroxylation is 1. The number of nitrogens with zero attached hydrogens (tertiary/aromatic N) is 1. The van der Waals surface area contributed by atoms with E-state index in [4.69, 9.17) is 5.73 Å². The summed E-state index contributed by atoms with van der Waals surface area (Å²) in [5, 5.41) is 0. The minimum Gasteiger partial charge on any atom is -0.372 e. The highest BCUT2D eigenvalue weighted by Crippen LogP contribution is 2.22. The van der Waals surface area contributed by atoms with Crippen molar-refractivity contribution in [1.29, 1.82) is 0 Å². The predicted octanol–water partition coefficient (Wildman–Crippen LogP) is 3.76. The van der Waals surface area contributed by atoms with Crippen LogP contribution in [0.15, 0.2) is 18.2 Å². The molecule has 0 aliphatic heterocycles. The molecule has 0 radical (unpaired) electrons. The van der Waals surface area contributed by atoms with Crippen LogP contribution in [0.3, 0.4) is 0 Å². The normalized spacial score (nSPS) is 14.5. The van der Waals surface area contributed by atoms with Gasteiger partial charge in [0.15, 0.2) is 0 Å². The average Bonchev–Trinajstić information content (AvgIpc) is 2.29. The molecular weight excluding hydrogens is 232 g/mol. The molecule has 2 heteroatoms. The summed E-state index contributed by atoms with van der Waals surface area (Å²) < 4.78 is 0. The molecule has 0 saturated heterocycles. The zero-order valence-corrected chi connectivity index (χ0v) is 13.4. The summed E-state index contributed by atoms with van der Waals surface area (Å²) >= 11 is 0. The fourth-order valence-corrected chi connectivity index (χ4v) is 2.57. The van der Waals surface area contributed by atoms with Gasteiger partial charge in [0, 0.05) is 24.8 Å². The van der Waals surface area contributed by atoms with Crippen molar-refractivity contribution in [3.63, 3.8) is 0 Å². The van der Waals surface area contributed by atoms with Crippen molar-refractivity contribution in [3.8, 4) is 0 Å². The Bertz CT molecular complexity index is 396. The molecule has 108 valence electrons. The summed E-state index contributed by atoms with van der Waals surface area (Å²) in [5.41, 5.74) is 9.90. The lowest BCUT2D eigenvalue weighted by atomic mass is 10.00. The molecule has 2 nitrogen and oxygen atoms in total. The van der Waals surface area contributed by atoms with Crippen LogP contribution in [0, 0.1) is 12.8 Å². The largest absolute Gasteiger partial charge is 0.372 e. The lowest BCUT2D eigenvalue weighted by Gasteiger charge is -2.29. The molecule has 0 aromatic heterocycles. The third-order valence-corrected chi connectivity index (χ3v) is 3.75. The first-order chi connectivity index (χ1) is 8.81. The quantitative estimate of drug-likeness (QED) is 0.846. The van der Waals surface area contributed by atoms with Crippen LogP contribution in [-0.4, -0.2) is 19.1 Å². The van der Waals surface area contributed by atoms with E-state index in [9.17, 15) is 0 Å². The Morgan fingerprint density at radius 1 is 1.16 bits per heavy atom. The number of hydrogen-bond acceptors (Lipinski definition) is 2. The van der Waals surface area contributed by atoms with E-state index in [0.717, 1.165) is 12.3 Å². The molecule has 0 heterocycles. The van der Waals surface area contributed by atoms with Crippen LogP contribution in [0.5, 0.6) is 0 Å². The highest BCUT2D eigenvalue weighted by atomic mass is 15.1. The Morgan fingerprint density at radius 3 is 2.26 bits per heavy atom. The highest BCUT2D eigenvalue weighted by molar-refractivity contribution is 5.51. The fourth-order valence-electron chi connectivity index (χ4n) is 2.57. The first kappa shape index (κ1) is 16.0. The fraction of sp³-hybridized carbons (Fsp3) is 0.647. The topological polar surface area (TPSA) is 29.3 Å². The molecule has 0 bridgehead atoms. The second-order valence-electron chi connectivity index (χ2n) is 6.38. The van der Waals surface area contributed by atoms with Gasteiger partial charge in [0.25, 0.3) is 0 Å². The molecule has 2 atom stereocenters. The van der Waals surface area contributed by atoms with Gasteiger partial charge >= 0.3 is 0 Å². The Kier molecular flexibility index (Phi) is 5.86. The van der Waals surface area contributed by atoms with Crippen LogP contribution in [0.25, 0.3) is 0 Å². The molecule has 0 amide bonds. The van der Waals surface area contributed by atoms with Gasteiger partial charge in [0.1, 0.15) is 0 Å². The third-order valence-electron chi connectivity index (χ3n) is 3.75. The van der Waals surface area contributed by atoms with E-state index < -0.39 is 0 Å². The van der Waals surface area contributed by atoms with Crippen molar-refractivity contribution in [3.05, 3.63) is 29.3 Å². The van der Waals surface area contributed by atoms with Gasteiger partial charge in [-0.15, -0.1) is 0 Å². The molecule has 0 spiro atoms. The van der Waals surface area contributed by atoms with E-state index in [1.807, 2.05) is 0 Å². The molecule has 0 saturated carbocycles. The van der Waals surface area contributed by atoms with E-state index >= 15 is 0 Å². The SMILES string of the molecule is Cc1cc(N(C)C(C)CC(C)C)ccc1CC(C)N. The van der Waals surface area contributed by atoms with Crippen molar-refractivity contribution >= 4 is 5.69 Å². The zero-order valence-electron chi connectivity index (χ0n) is 13.4. The lowest BCUT2D eigenvalue weighted by Crippen LogP contribution is -2.30. The van der Waals surface area contributed by atoms with Gasteiger partial charge in [0.2, 0.25) is 0 Å². The second kappa shape index (κ2) is 6.95. The van der Waals surface area contributed by atoms with Crippen LogP contribution in [-0.2, 0) is 6.42 Å². The number of anilines is 1. The Balaban J connectivity index is 2.82. The number of nitrogens with two attached hydrogens (primary N) is 1. The molecule has 0 aliphatic carbocycles. The number of benzene rings is 1. The van der Waals surface area contributed by atoms with Gasteiger partial charge in [-0.05, 0) is 62.8 Å². The van der Waals surface area contributed by atoms with Crippen molar-refractivity contribution in [2.45, 2.75) is 59.5 Å². The summed E-state index contributed by atoms with van der Waals surface area (Å²) in [6.07, 6.45) is 2.18. The molecule has 1 aromatic rings. The van der Waals surface area contributed by atoms with E-state index in [0.29, 0.717) is 6.04 Å². The maximum absolute atomic E-state index is 5.88. The van der Waals surface area contributed by atoms with Crippen LogP contribution in [0.2, 0.25) is 0 Å². The summed E-state index contributed by atoms with van der Waals surface area (Å²) in [6, 6.07) is 7.53. The minimum atomic E-state index is 0.224. The minimum absolute atomic E-state index is 0.224. The molecule has 0 aliphatic rings. The summed E-state index contributed by atoms with van der Waals surface area (Å²) in [7, 11) is 2.19. The number of rotatable bonds is 6. The van der Waals surface area contributed by atoms with Crippen molar-refractivity contribution in [1.82, 2.24) is 0 Å². The van der Waals surface area contributed by atoms with Crippen LogP contribution in [0.4, 0.5) is 5.69 Å². The monoisotopic (exact) mass is 262 g/mol. The van der Waals surface area contributed by atoms with Crippen molar-refractivity contribution in [2.24, 2.45) is 11.7 Å². The number of hydrogen-bond donors (Lipinski definition) is 1. The van der Waals surface area contributed by atoms with Gasteiger partial charge in [-0.3, -0.25) is 0 Å². The summed E-state index contributed by atoms with van der Waals surface area (Å²) in [6.45, 7) is 11.1.